The highest BCUT2D eigenvalue weighted by Crippen LogP contribution is 2.39. The van der Waals surface area contributed by atoms with Crippen molar-refractivity contribution >= 4 is 12.0 Å². The quantitative estimate of drug-likeness (QED) is 0.564. The smallest absolute Gasteiger partial charge is 0.377 e. The van der Waals surface area contributed by atoms with Crippen LogP contribution in [-0.4, -0.2) is 33.9 Å². The van der Waals surface area contributed by atoms with Gasteiger partial charge in [0.1, 0.15) is 5.69 Å². The molecule has 2 aromatic carbocycles. The highest BCUT2D eigenvalue weighted by Gasteiger charge is 2.36. The Bertz CT molecular complexity index is 1150. The molecule has 1 aromatic heterocycles. The molecule has 5 nitrogen and oxygen atoms in total. The highest BCUT2D eigenvalue weighted by molar-refractivity contribution is 5.90. The molecule has 0 bridgehead atoms. The van der Waals surface area contributed by atoms with Gasteiger partial charge in [0.15, 0.2) is 0 Å². The van der Waals surface area contributed by atoms with E-state index in [9.17, 15) is 18.0 Å². The second-order valence-corrected chi connectivity index (χ2v) is 8.52. The average Bonchev–Trinajstić information content (AvgIpc) is 2.84. The molecule has 2 N–H and O–H groups in total. The number of benzene rings is 2. The van der Waals surface area contributed by atoms with E-state index in [1.807, 2.05) is 18.2 Å². The van der Waals surface area contributed by atoms with E-state index in [4.69, 9.17) is 5.73 Å². The summed E-state index contributed by atoms with van der Waals surface area (Å²) in [5.41, 5.74) is 6.65. The molecule has 34 heavy (non-hydrogen) atoms. The lowest BCUT2D eigenvalue weighted by Crippen LogP contribution is -2.42. The summed E-state index contributed by atoms with van der Waals surface area (Å²) in [6.07, 6.45) is 4.10. The van der Waals surface area contributed by atoms with Crippen molar-refractivity contribution in [1.82, 2.24) is 14.9 Å². The van der Waals surface area contributed by atoms with Gasteiger partial charge in [-0.15, -0.1) is 0 Å². The first-order chi connectivity index (χ1) is 16.3. The minimum absolute atomic E-state index is 0.122. The van der Waals surface area contributed by atoms with Crippen LogP contribution in [0.2, 0.25) is 0 Å². The Morgan fingerprint density at radius 3 is 2.29 bits per heavy atom. The number of nitrogens with zero attached hydrogens (tertiary/aromatic N) is 3. The maximum absolute atomic E-state index is 13.3. The zero-order valence-electron chi connectivity index (χ0n) is 18.5. The second kappa shape index (κ2) is 9.67. The van der Waals surface area contributed by atoms with Crippen LogP contribution in [0.15, 0.2) is 73.2 Å². The van der Waals surface area contributed by atoms with Crippen molar-refractivity contribution in [2.24, 2.45) is 5.73 Å². The Balaban J connectivity index is 1.52. The fourth-order valence-electron chi connectivity index (χ4n) is 4.47. The monoisotopic (exact) mass is 466 g/mol. The number of piperidine rings is 1. The molecular weight excluding hydrogens is 441 g/mol. The fraction of sp³-hybridized carbons (Fsp3) is 0.269. The summed E-state index contributed by atoms with van der Waals surface area (Å²) < 4.78 is 39.9. The van der Waals surface area contributed by atoms with Crippen molar-refractivity contribution in [3.8, 4) is 0 Å². The molecule has 0 radical (unpaired) electrons. The van der Waals surface area contributed by atoms with E-state index in [1.165, 1.54) is 30.0 Å². The van der Waals surface area contributed by atoms with Crippen molar-refractivity contribution < 1.29 is 18.0 Å². The largest absolute Gasteiger partial charge is 0.416 e. The van der Waals surface area contributed by atoms with E-state index < -0.39 is 17.6 Å². The van der Waals surface area contributed by atoms with E-state index in [-0.39, 0.29) is 16.7 Å². The van der Waals surface area contributed by atoms with E-state index >= 15 is 0 Å². The number of primary amides is 1. The summed E-state index contributed by atoms with van der Waals surface area (Å²) in [4.78, 5) is 21.9. The van der Waals surface area contributed by atoms with Crippen molar-refractivity contribution in [2.75, 3.05) is 13.1 Å². The number of rotatable bonds is 6. The molecule has 1 fully saturated rings. The Kier molecular flexibility index (Phi) is 6.68. The van der Waals surface area contributed by atoms with Crippen LogP contribution in [0.3, 0.4) is 0 Å². The number of carbonyl (C=O) groups is 1. The Hall–Kier alpha value is -3.68. The van der Waals surface area contributed by atoms with Crippen molar-refractivity contribution in [1.29, 1.82) is 0 Å². The van der Waals surface area contributed by atoms with Crippen molar-refractivity contribution in [3.05, 3.63) is 101 Å². The topological polar surface area (TPSA) is 72.1 Å². The first kappa shape index (κ1) is 23.5. The van der Waals surface area contributed by atoms with E-state index in [2.05, 4.69) is 27.0 Å². The van der Waals surface area contributed by atoms with Gasteiger partial charge in [-0.2, -0.15) is 13.2 Å². The molecule has 8 heteroatoms. The van der Waals surface area contributed by atoms with Gasteiger partial charge >= 0.3 is 6.18 Å². The van der Waals surface area contributed by atoms with Crippen LogP contribution in [0, 0.1) is 0 Å². The Morgan fingerprint density at radius 2 is 1.68 bits per heavy atom. The Labute approximate surface area is 196 Å². The number of alkyl halides is 3. The SMILES string of the molecule is NC(=O)c1cnc(CC2(c3ccccc3)CCN(C=Cc3ccccc3C(F)(F)F)CC2)cn1. The number of amides is 1. The molecule has 0 saturated carbocycles. The number of nitrogens with two attached hydrogens (primary N) is 1. The molecule has 4 rings (SSSR count). The van der Waals surface area contributed by atoms with Crippen LogP contribution < -0.4 is 5.73 Å². The minimum Gasteiger partial charge on any atom is -0.377 e. The third-order valence-corrected chi connectivity index (χ3v) is 6.35. The third-order valence-electron chi connectivity index (χ3n) is 6.35. The van der Waals surface area contributed by atoms with E-state index in [0.29, 0.717) is 19.5 Å². The van der Waals surface area contributed by atoms with E-state index in [1.54, 1.807) is 18.5 Å². The predicted octanol–water partition coefficient (Wildman–Crippen LogP) is 4.84. The fourth-order valence-corrected chi connectivity index (χ4v) is 4.47. The average molecular weight is 467 g/mol. The summed E-state index contributed by atoms with van der Waals surface area (Å²) >= 11 is 0. The van der Waals surface area contributed by atoms with E-state index in [0.717, 1.165) is 24.6 Å². The Morgan fingerprint density at radius 1 is 1.00 bits per heavy atom. The molecule has 1 aliphatic rings. The minimum atomic E-state index is -4.39. The van der Waals surface area contributed by atoms with Gasteiger partial charge in [-0.05, 0) is 42.3 Å². The van der Waals surface area contributed by atoms with Gasteiger partial charge in [0.05, 0.1) is 17.5 Å². The highest BCUT2D eigenvalue weighted by atomic mass is 19.4. The number of likely N-dealkylation sites (tertiary alicyclic amines) is 1. The first-order valence-electron chi connectivity index (χ1n) is 11.0. The van der Waals surface area contributed by atoms with Gasteiger partial charge in [0, 0.05) is 31.1 Å². The lowest BCUT2D eigenvalue weighted by molar-refractivity contribution is -0.137. The number of hydrogen-bond donors (Lipinski definition) is 1. The lowest BCUT2D eigenvalue weighted by Gasteiger charge is -2.42. The second-order valence-electron chi connectivity index (χ2n) is 8.52. The van der Waals surface area contributed by atoms with Crippen LogP contribution in [0.5, 0.6) is 0 Å². The maximum Gasteiger partial charge on any atom is 0.416 e. The van der Waals surface area contributed by atoms with Gasteiger partial charge < -0.3 is 10.6 Å². The summed E-state index contributed by atoms with van der Waals surface area (Å²) in [6.45, 7) is 1.37. The van der Waals surface area contributed by atoms with Gasteiger partial charge in [-0.1, -0.05) is 48.5 Å². The van der Waals surface area contributed by atoms with Crippen LogP contribution in [0.25, 0.3) is 6.08 Å². The van der Waals surface area contributed by atoms with Crippen molar-refractivity contribution in [3.63, 3.8) is 0 Å². The molecular formula is C26H25F3N4O. The molecule has 1 saturated heterocycles. The van der Waals surface area contributed by atoms with Gasteiger partial charge in [0.25, 0.3) is 5.91 Å². The molecule has 0 aliphatic carbocycles. The molecule has 0 atom stereocenters. The van der Waals surface area contributed by atoms with Crippen LogP contribution >= 0.6 is 0 Å². The zero-order valence-corrected chi connectivity index (χ0v) is 18.5. The maximum atomic E-state index is 13.3. The third kappa shape index (κ3) is 5.27. The molecule has 2 heterocycles. The summed E-state index contributed by atoms with van der Waals surface area (Å²) in [6, 6.07) is 15.7. The normalized spacial score (nSPS) is 16.0. The lowest BCUT2D eigenvalue weighted by atomic mass is 9.70. The molecule has 1 aliphatic heterocycles. The number of halogens is 3. The summed E-state index contributed by atoms with van der Waals surface area (Å²) in [7, 11) is 0. The van der Waals surface area contributed by atoms with Gasteiger partial charge in [-0.3, -0.25) is 9.78 Å². The number of aromatic nitrogens is 2. The van der Waals surface area contributed by atoms with Crippen LogP contribution in [0.4, 0.5) is 13.2 Å². The number of hydrogen-bond acceptors (Lipinski definition) is 4. The number of carbonyl (C=O) groups excluding carboxylic acids is 1. The summed E-state index contributed by atoms with van der Waals surface area (Å²) in [5, 5.41) is 0. The standard InChI is InChI=1S/C26H25F3N4O/c27-26(28,29)22-9-5-4-6-19(22)10-13-33-14-11-25(12-15-33,20-7-2-1-3-8-20)16-21-17-32-23(18-31-21)24(30)34/h1-10,13,17-18H,11-12,14-16H2,(H2,30,34). The van der Waals surface area contributed by atoms with Gasteiger partial charge in [-0.25, -0.2) is 4.98 Å². The molecule has 0 spiro atoms. The summed E-state index contributed by atoms with van der Waals surface area (Å²) in [5.74, 6) is -0.621. The first-order valence-corrected chi connectivity index (χ1v) is 11.0. The van der Waals surface area contributed by atoms with Crippen LogP contribution in [-0.2, 0) is 18.0 Å². The van der Waals surface area contributed by atoms with Gasteiger partial charge in [0.2, 0.25) is 0 Å². The molecule has 0 unspecified atom stereocenters. The van der Waals surface area contributed by atoms with Crippen molar-refractivity contribution in [2.45, 2.75) is 30.9 Å². The predicted molar refractivity (Wildman–Crippen MR) is 124 cm³/mol. The molecule has 1 amide bonds. The van der Waals surface area contributed by atoms with Crippen LogP contribution in [0.1, 0.15) is 45.7 Å². The molecule has 3 aromatic rings. The zero-order chi connectivity index (χ0) is 24.2. The molecule has 176 valence electrons.